The van der Waals surface area contributed by atoms with Gasteiger partial charge >= 0.3 is 0 Å². The van der Waals surface area contributed by atoms with Crippen molar-refractivity contribution in [3.8, 4) is 17.1 Å². The van der Waals surface area contributed by atoms with Crippen molar-refractivity contribution >= 4 is 11.6 Å². The van der Waals surface area contributed by atoms with E-state index in [0.29, 0.717) is 10.9 Å². The number of pyridine rings is 1. The molecule has 2 nitrogen and oxygen atoms in total. The molecule has 0 fully saturated rings. The average molecular weight is 220 g/mol. The molecule has 0 aliphatic heterocycles. The second-order valence-electron chi connectivity index (χ2n) is 3.08. The van der Waals surface area contributed by atoms with Crippen LogP contribution in [0.2, 0.25) is 5.02 Å². The van der Waals surface area contributed by atoms with Crippen molar-refractivity contribution in [2.75, 3.05) is 7.11 Å². The Morgan fingerprint density at radius 3 is 2.53 bits per heavy atom. The maximum atomic E-state index is 5.96. The van der Waals surface area contributed by atoms with E-state index in [1.165, 1.54) is 0 Å². The normalized spacial score (nSPS) is 10.0. The van der Waals surface area contributed by atoms with Crippen LogP contribution in [0.15, 0.2) is 42.5 Å². The van der Waals surface area contributed by atoms with E-state index in [1.807, 2.05) is 36.4 Å². The molecule has 0 bridgehead atoms. The molecule has 15 heavy (non-hydrogen) atoms. The monoisotopic (exact) mass is 219 g/mol. The average Bonchev–Trinajstić information content (AvgIpc) is 2.29. The van der Waals surface area contributed by atoms with Gasteiger partial charge in [-0.3, -0.25) is 0 Å². The van der Waals surface area contributed by atoms with Crippen LogP contribution in [0.4, 0.5) is 0 Å². The molecular weight excluding hydrogens is 210 g/mol. The van der Waals surface area contributed by atoms with Crippen LogP contribution < -0.4 is 4.74 Å². The summed E-state index contributed by atoms with van der Waals surface area (Å²) in [7, 11) is 1.58. The van der Waals surface area contributed by atoms with Gasteiger partial charge in [0.2, 0.25) is 5.88 Å². The Morgan fingerprint density at radius 2 is 1.87 bits per heavy atom. The molecular formula is C12H10ClNO. The third kappa shape index (κ3) is 2.28. The lowest BCUT2D eigenvalue weighted by atomic mass is 10.1. The van der Waals surface area contributed by atoms with Gasteiger partial charge in [0.25, 0.3) is 0 Å². The number of hydrogen-bond acceptors (Lipinski definition) is 2. The molecule has 0 radical (unpaired) electrons. The van der Waals surface area contributed by atoms with Crippen molar-refractivity contribution in [1.82, 2.24) is 4.98 Å². The summed E-state index contributed by atoms with van der Waals surface area (Å²) in [5, 5.41) is 0.626. The molecule has 0 aliphatic carbocycles. The highest BCUT2D eigenvalue weighted by atomic mass is 35.5. The third-order valence-corrected chi connectivity index (χ3v) is 2.26. The van der Waals surface area contributed by atoms with Crippen LogP contribution in [0, 0.1) is 0 Å². The van der Waals surface area contributed by atoms with Gasteiger partial charge in [-0.15, -0.1) is 0 Å². The van der Waals surface area contributed by atoms with Gasteiger partial charge in [-0.25, -0.2) is 4.98 Å². The van der Waals surface area contributed by atoms with Crippen LogP contribution in [-0.4, -0.2) is 12.1 Å². The van der Waals surface area contributed by atoms with Gasteiger partial charge in [0, 0.05) is 16.7 Å². The summed E-state index contributed by atoms with van der Waals surface area (Å²) >= 11 is 5.96. The summed E-state index contributed by atoms with van der Waals surface area (Å²) in [4.78, 5) is 4.32. The Kier molecular flexibility index (Phi) is 2.88. The van der Waals surface area contributed by atoms with Crippen LogP contribution in [-0.2, 0) is 0 Å². The molecule has 0 spiro atoms. The Bertz CT molecular complexity index is 456. The lowest BCUT2D eigenvalue weighted by Crippen LogP contribution is -1.90. The fourth-order valence-electron chi connectivity index (χ4n) is 1.33. The second kappa shape index (κ2) is 4.32. The topological polar surface area (TPSA) is 22.1 Å². The largest absolute Gasteiger partial charge is 0.481 e. The first-order valence-electron chi connectivity index (χ1n) is 4.56. The number of aromatic nitrogens is 1. The fourth-order valence-corrected chi connectivity index (χ4v) is 1.53. The van der Waals surface area contributed by atoms with Crippen LogP contribution in [0.3, 0.4) is 0 Å². The van der Waals surface area contributed by atoms with Crippen molar-refractivity contribution in [3.05, 3.63) is 47.5 Å². The minimum atomic E-state index is 0.529. The van der Waals surface area contributed by atoms with Crippen LogP contribution in [0.1, 0.15) is 0 Å². The highest BCUT2D eigenvalue weighted by Gasteiger charge is 2.03. The van der Waals surface area contributed by atoms with Gasteiger partial charge in [-0.05, 0) is 6.07 Å². The molecule has 0 aliphatic rings. The molecule has 2 aromatic rings. The Hall–Kier alpha value is -1.54. The molecule has 0 atom stereocenters. The predicted octanol–water partition coefficient (Wildman–Crippen LogP) is 3.41. The van der Waals surface area contributed by atoms with Crippen molar-refractivity contribution < 1.29 is 4.74 Å². The SMILES string of the molecule is COc1cc(Cl)cc(-c2ccccc2)n1. The second-order valence-corrected chi connectivity index (χ2v) is 3.52. The van der Waals surface area contributed by atoms with Gasteiger partial charge < -0.3 is 4.74 Å². The van der Waals surface area contributed by atoms with Crippen LogP contribution >= 0.6 is 11.6 Å². The fraction of sp³-hybridized carbons (Fsp3) is 0.0833. The lowest BCUT2D eigenvalue weighted by molar-refractivity contribution is 0.398. The van der Waals surface area contributed by atoms with Gasteiger partial charge in [0.1, 0.15) is 0 Å². The molecule has 1 aromatic carbocycles. The number of rotatable bonds is 2. The van der Waals surface area contributed by atoms with E-state index in [1.54, 1.807) is 13.2 Å². The highest BCUT2D eigenvalue weighted by Crippen LogP contribution is 2.24. The minimum Gasteiger partial charge on any atom is -0.481 e. The number of nitrogens with zero attached hydrogens (tertiary/aromatic N) is 1. The van der Waals surface area contributed by atoms with E-state index in [4.69, 9.17) is 16.3 Å². The van der Waals surface area contributed by atoms with E-state index in [-0.39, 0.29) is 0 Å². The molecule has 0 saturated carbocycles. The summed E-state index contributed by atoms with van der Waals surface area (Å²) in [6, 6.07) is 13.4. The molecule has 0 saturated heterocycles. The van der Waals surface area contributed by atoms with Gasteiger partial charge in [0.15, 0.2) is 0 Å². The maximum Gasteiger partial charge on any atom is 0.215 e. The van der Waals surface area contributed by atoms with Crippen LogP contribution in [0.5, 0.6) is 5.88 Å². The van der Waals surface area contributed by atoms with Crippen molar-refractivity contribution in [1.29, 1.82) is 0 Å². The number of ether oxygens (including phenoxy) is 1. The summed E-state index contributed by atoms with van der Waals surface area (Å²) in [5.74, 6) is 0.529. The van der Waals surface area contributed by atoms with Crippen molar-refractivity contribution in [2.24, 2.45) is 0 Å². The molecule has 1 heterocycles. The Balaban J connectivity index is 2.49. The number of hydrogen-bond donors (Lipinski definition) is 0. The Labute approximate surface area is 93.5 Å². The standard InChI is InChI=1S/C12H10ClNO/c1-15-12-8-10(13)7-11(14-12)9-5-3-2-4-6-9/h2-8H,1H3. The third-order valence-electron chi connectivity index (χ3n) is 2.05. The zero-order valence-corrected chi connectivity index (χ0v) is 9.03. The van der Waals surface area contributed by atoms with Gasteiger partial charge in [0.05, 0.1) is 12.8 Å². The smallest absolute Gasteiger partial charge is 0.215 e. The van der Waals surface area contributed by atoms with Crippen molar-refractivity contribution in [2.45, 2.75) is 0 Å². The molecule has 0 unspecified atom stereocenters. The van der Waals surface area contributed by atoms with E-state index < -0.39 is 0 Å². The zero-order valence-electron chi connectivity index (χ0n) is 8.27. The Morgan fingerprint density at radius 1 is 1.13 bits per heavy atom. The summed E-state index contributed by atoms with van der Waals surface area (Å²) in [6.07, 6.45) is 0. The first-order chi connectivity index (χ1) is 7.29. The van der Waals surface area contributed by atoms with E-state index in [9.17, 15) is 0 Å². The van der Waals surface area contributed by atoms with Crippen LogP contribution in [0.25, 0.3) is 11.3 Å². The van der Waals surface area contributed by atoms with Gasteiger partial charge in [-0.2, -0.15) is 0 Å². The molecule has 0 amide bonds. The quantitative estimate of drug-likeness (QED) is 0.772. The minimum absolute atomic E-state index is 0.529. The number of methoxy groups -OCH3 is 1. The molecule has 3 heteroatoms. The summed E-state index contributed by atoms with van der Waals surface area (Å²) < 4.78 is 5.06. The summed E-state index contributed by atoms with van der Waals surface area (Å²) in [6.45, 7) is 0. The molecule has 76 valence electrons. The lowest BCUT2D eigenvalue weighted by Gasteiger charge is -2.04. The highest BCUT2D eigenvalue weighted by molar-refractivity contribution is 6.30. The van der Waals surface area contributed by atoms with Crippen molar-refractivity contribution in [3.63, 3.8) is 0 Å². The first-order valence-corrected chi connectivity index (χ1v) is 4.94. The van der Waals surface area contributed by atoms with E-state index >= 15 is 0 Å². The van der Waals surface area contributed by atoms with E-state index in [0.717, 1.165) is 11.3 Å². The molecule has 2 rings (SSSR count). The summed E-state index contributed by atoms with van der Waals surface area (Å²) in [5.41, 5.74) is 1.85. The zero-order chi connectivity index (χ0) is 10.7. The molecule has 1 aromatic heterocycles. The molecule has 0 N–H and O–H groups in total. The predicted molar refractivity (Wildman–Crippen MR) is 61.2 cm³/mol. The van der Waals surface area contributed by atoms with E-state index in [2.05, 4.69) is 4.98 Å². The van der Waals surface area contributed by atoms with Gasteiger partial charge in [-0.1, -0.05) is 41.9 Å². The first kappa shape index (κ1) is 9.99. The maximum absolute atomic E-state index is 5.96. The number of halogens is 1. The number of benzene rings is 1.